The Balaban J connectivity index is 1.46. The van der Waals surface area contributed by atoms with Gasteiger partial charge in [0.05, 0.1) is 28.4 Å². The highest BCUT2D eigenvalue weighted by molar-refractivity contribution is 6.07. The minimum Gasteiger partial charge on any atom is -0.366 e. The maximum atomic E-state index is 13.4. The molecule has 1 aliphatic carbocycles. The quantitative estimate of drug-likeness (QED) is 0.530. The van der Waals surface area contributed by atoms with Gasteiger partial charge in [0, 0.05) is 29.7 Å². The number of carbonyl (C=O) groups is 2. The fourth-order valence-corrected chi connectivity index (χ4v) is 3.61. The highest BCUT2D eigenvalue weighted by Gasteiger charge is 2.34. The molecule has 1 fully saturated rings. The molecule has 8 heteroatoms. The number of fused-ring (bicyclic) bond motifs is 1. The summed E-state index contributed by atoms with van der Waals surface area (Å²) in [6.45, 7) is 0. The van der Waals surface area contributed by atoms with Crippen molar-refractivity contribution in [1.82, 2.24) is 14.6 Å². The van der Waals surface area contributed by atoms with Crippen molar-refractivity contribution in [2.24, 2.45) is 5.73 Å². The average Bonchev–Trinajstić information content (AvgIpc) is 3.56. The first kappa shape index (κ1) is 19.5. The van der Waals surface area contributed by atoms with E-state index in [0.717, 1.165) is 24.0 Å². The molecule has 0 spiro atoms. The average molecular weight is 422 g/mol. The zero-order valence-electron chi connectivity index (χ0n) is 17.0. The van der Waals surface area contributed by atoms with E-state index in [9.17, 15) is 9.59 Å². The van der Waals surface area contributed by atoms with Crippen molar-refractivity contribution in [3.8, 4) is 17.5 Å². The van der Waals surface area contributed by atoms with Crippen LogP contribution in [0.4, 0.5) is 5.69 Å². The Labute approximate surface area is 183 Å². The molecule has 2 amide bonds. The summed E-state index contributed by atoms with van der Waals surface area (Å²) >= 11 is 0. The van der Waals surface area contributed by atoms with Gasteiger partial charge in [-0.2, -0.15) is 10.4 Å². The molecule has 8 nitrogen and oxygen atoms in total. The molecule has 3 aromatic heterocycles. The summed E-state index contributed by atoms with van der Waals surface area (Å²) in [5, 5.41) is 13.5. The van der Waals surface area contributed by atoms with E-state index < -0.39 is 5.91 Å². The summed E-state index contributed by atoms with van der Waals surface area (Å²) in [7, 11) is 0. The van der Waals surface area contributed by atoms with Crippen molar-refractivity contribution in [2.75, 3.05) is 4.90 Å². The summed E-state index contributed by atoms with van der Waals surface area (Å²) in [5.41, 5.74) is 9.46. The molecule has 32 heavy (non-hydrogen) atoms. The highest BCUT2D eigenvalue weighted by Crippen LogP contribution is 2.33. The van der Waals surface area contributed by atoms with Crippen LogP contribution < -0.4 is 10.6 Å². The van der Waals surface area contributed by atoms with Crippen LogP contribution >= 0.6 is 0 Å². The standard InChI is InChI=1S/C24H18N6O2/c25-13-15-1-4-18(5-2-15)30(19-6-7-19)24(32)16-9-10-29-20(11-16)12-22(28-29)21-8-3-17(14-27-21)23(26)31/h1-5,8-12,14,19H,6-7H2,(H2,26,31). The number of hydrogen-bond acceptors (Lipinski definition) is 5. The molecule has 0 radical (unpaired) electrons. The van der Waals surface area contributed by atoms with Crippen LogP contribution in [0.15, 0.2) is 67.0 Å². The first-order valence-electron chi connectivity index (χ1n) is 10.1. The van der Waals surface area contributed by atoms with E-state index in [1.165, 1.54) is 6.20 Å². The topological polar surface area (TPSA) is 117 Å². The molecule has 1 saturated carbocycles. The number of anilines is 1. The van der Waals surface area contributed by atoms with Crippen LogP contribution in [0.3, 0.4) is 0 Å². The van der Waals surface area contributed by atoms with Gasteiger partial charge in [-0.25, -0.2) is 4.52 Å². The van der Waals surface area contributed by atoms with E-state index in [2.05, 4.69) is 16.2 Å². The Morgan fingerprint density at radius 2 is 1.81 bits per heavy atom. The number of nitrogens with zero attached hydrogens (tertiary/aromatic N) is 5. The van der Waals surface area contributed by atoms with Gasteiger partial charge in [0.15, 0.2) is 0 Å². The number of hydrogen-bond donors (Lipinski definition) is 1. The molecule has 0 aliphatic heterocycles. The molecule has 0 saturated heterocycles. The Kier molecular flexibility index (Phi) is 4.64. The molecule has 3 heterocycles. The number of rotatable bonds is 5. The Hall–Kier alpha value is -4.51. The van der Waals surface area contributed by atoms with Gasteiger partial charge in [0.1, 0.15) is 5.69 Å². The number of nitriles is 1. The largest absolute Gasteiger partial charge is 0.366 e. The van der Waals surface area contributed by atoms with E-state index in [1.54, 1.807) is 52.0 Å². The van der Waals surface area contributed by atoms with Crippen molar-refractivity contribution < 1.29 is 9.59 Å². The Morgan fingerprint density at radius 3 is 2.44 bits per heavy atom. The lowest BCUT2D eigenvalue weighted by atomic mass is 10.1. The van der Waals surface area contributed by atoms with E-state index in [1.807, 2.05) is 18.2 Å². The molecule has 2 N–H and O–H groups in total. The van der Waals surface area contributed by atoms with Crippen molar-refractivity contribution in [3.63, 3.8) is 0 Å². The monoisotopic (exact) mass is 422 g/mol. The third kappa shape index (κ3) is 3.56. The van der Waals surface area contributed by atoms with Gasteiger partial charge in [-0.05, 0) is 67.4 Å². The summed E-state index contributed by atoms with van der Waals surface area (Å²) in [4.78, 5) is 30.7. The predicted octanol–water partition coefficient (Wildman–Crippen LogP) is 3.18. The lowest BCUT2D eigenvalue weighted by Crippen LogP contribution is -2.33. The Bertz CT molecular complexity index is 1380. The van der Waals surface area contributed by atoms with Crippen LogP contribution in [0.5, 0.6) is 0 Å². The number of carbonyl (C=O) groups excluding carboxylic acids is 2. The zero-order valence-corrected chi connectivity index (χ0v) is 17.0. The minimum atomic E-state index is -0.537. The van der Waals surface area contributed by atoms with Gasteiger partial charge >= 0.3 is 0 Å². The smallest absolute Gasteiger partial charge is 0.258 e. The summed E-state index contributed by atoms with van der Waals surface area (Å²) in [6, 6.07) is 18.0. The van der Waals surface area contributed by atoms with E-state index in [4.69, 9.17) is 11.0 Å². The third-order valence-corrected chi connectivity index (χ3v) is 5.43. The lowest BCUT2D eigenvalue weighted by Gasteiger charge is -2.22. The van der Waals surface area contributed by atoms with Crippen molar-refractivity contribution >= 4 is 23.0 Å². The molecule has 0 unspecified atom stereocenters. The third-order valence-electron chi connectivity index (χ3n) is 5.43. The molecule has 0 atom stereocenters. The fraction of sp³-hybridized carbons (Fsp3) is 0.125. The molecule has 4 aromatic rings. The Morgan fingerprint density at radius 1 is 1.03 bits per heavy atom. The van der Waals surface area contributed by atoms with Crippen molar-refractivity contribution in [1.29, 1.82) is 5.26 Å². The maximum Gasteiger partial charge on any atom is 0.258 e. The van der Waals surface area contributed by atoms with Crippen LogP contribution in [0, 0.1) is 11.3 Å². The van der Waals surface area contributed by atoms with E-state index in [-0.39, 0.29) is 11.9 Å². The normalized spacial score (nSPS) is 13.0. The second kappa shape index (κ2) is 7.63. The van der Waals surface area contributed by atoms with Crippen molar-refractivity contribution in [3.05, 3.63) is 83.7 Å². The first-order valence-corrected chi connectivity index (χ1v) is 10.1. The molecule has 1 aromatic carbocycles. The summed E-state index contributed by atoms with van der Waals surface area (Å²) in [5.74, 6) is -0.629. The van der Waals surface area contributed by atoms with Crippen LogP contribution in [0.1, 0.15) is 39.1 Å². The molecular formula is C24H18N6O2. The minimum absolute atomic E-state index is 0.0913. The number of primary amides is 1. The molecule has 156 valence electrons. The number of benzene rings is 1. The van der Waals surface area contributed by atoms with Crippen LogP contribution in [-0.4, -0.2) is 32.5 Å². The van der Waals surface area contributed by atoms with Gasteiger partial charge in [-0.1, -0.05) is 0 Å². The number of amides is 2. The summed E-state index contributed by atoms with van der Waals surface area (Å²) < 4.78 is 1.68. The lowest BCUT2D eigenvalue weighted by molar-refractivity contribution is 0.0981. The molecular weight excluding hydrogens is 404 g/mol. The SMILES string of the molecule is N#Cc1ccc(N(C(=O)c2ccn3nc(-c4ccc(C(N)=O)cn4)cc3c2)C2CC2)cc1. The number of aromatic nitrogens is 3. The van der Waals surface area contributed by atoms with Gasteiger partial charge < -0.3 is 10.6 Å². The number of nitrogens with two attached hydrogens (primary N) is 1. The van der Waals surface area contributed by atoms with Crippen LogP contribution in [0.2, 0.25) is 0 Å². The van der Waals surface area contributed by atoms with Gasteiger partial charge in [-0.3, -0.25) is 14.6 Å². The van der Waals surface area contributed by atoms with Gasteiger partial charge in [0.25, 0.3) is 5.91 Å². The van der Waals surface area contributed by atoms with E-state index in [0.29, 0.717) is 28.1 Å². The molecule has 5 rings (SSSR count). The van der Waals surface area contributed by atoms with Crippen LogP contribution in [-0.2, 0) is 0 Å². The number of pyridine rings is 2. The van der Waals surface area contributed by atoms with Crippen molar-refractivity contribution in [2.45, 2.75) is 18.9 Å². The fourth-order valence-electron chi connectivity index (χ4n) is 3.61. The maximum absolute atomic E-state index is 13.4. The first-order chi connectivity index (χ1) is 15.5. The molecule has 0 bridgehead atoms. The highest BCUT2D eigenvalue weighted by atomic mass is 16.2. The van der Waals surface area contributed by atoms with E-state index >= 15 is 0 Å². The predicted molar refractivity (Wildman–Crippen MR) is 118 cm³/mol. The van der Waals surface area contributed by atoms with Gasteiger partial charge in [-0.15, -0.1) is 0 Å². The van der Waals surface area contributed by atoms with Gasteiger partial charge in [0.2, 0.25) is 5.91 Å². The molecule has 1 aliphatic rings. The second-order valence-electron chi connectivity index (χ2n) is 7.68. The zero-order chi connectivity index (χ0) is 22.2. The van der Waals surface area contributed by atoms with Crippen LogP contribution in [0.25, 0.3) is 16.9 Å². The summed E-state index contributed by atoms with van der Waals surface area (Å²) in [6.07, 6.45) is 5.07. The second-order valence-corrected chi connectivity index (χ2v) is 7.68.